The van der Waals surface area contributed by atoms with Crippen LogP contribution >= 0.6 is 0 Å². The van der Waals surface area contributed by atoms with Gasteiger partial charge in [-0.1, -0.05) is 23.8 Å². The topological polar surface area (TPSA) is 30.5 Å². The molecule has 0 saturated heterocycles. The molecule has 0 saturated carbocycles. The number of rotatable bonds is 3. The molecule has 0 amide bonds. The number of allylic oxidation sites excluding steroid dienone is 1. The molecule has 3 rings (SSSR count). The van der Waals surface area contributed by atoms with E-state index in [4.69, 9.17) is 9.47 Å². The number of hydrogen-bond acceptors (Lipinski definition) is 3. The maximum atomic E-state index is 5.84. The fraction of sp³-hybridized carbons (Fsp3) is 0.500. The van der Waals surface area contributed by atoms with Gasteiger partial charge in [0.05, 0.1) is 6.04 Å². The molecule has 102 valence electrons. The van der Waals surface area contributed by atoms with Crippen LogP contribution in [-0.2, 0) is 0 Å². The van der Waals surface area contributed by atoms with E-state index in [0.717, 1.165) is 11.5 Å². The van der Waals surface area contributed by atoms with Crippen LogP contribution in [0.3, 0.4) is 0 Å². The van der Waals surface area contributed by atoms with Gasteiger partial charge in [-0.05, 0) is 38.8 Å². The number of ether oxygens (including phenoxy) is 2. The molecule has 0 spiro atoms. The Morgan fingerprint density at radius 2 is 2.05 bits per heavy atom. The van der Waals surface area contributed by atoms with E-state index in [1.54, 1.807) is 0 Å². The van der Waals surface area contributed by atoms with Crippen molar-refractivity contribution in [2.45, 2.75) is 31.7 Å². The summed E-state index contributed by atoms with van der Waals surface area (Å²) in [7, 11) is 2.02. The molecule has 0 bridgehead atoms. The minimum atomic E-state index is 0.247. The van der Waals surface area contributed by atoms with Crippen molar-refractivity contribution in [2.75, 3.05) is 20.3 Å². The second-order valence-corrected chi connectivity index (χ2v) is 5.12. The van der Waals surface area contributed by atoms with Gasteiger partial charge < -0.3 is 14.8 Å². The predicted molar refractivity (Wildman–Crippen MR) is 75.8 cm³/mol. The zero-order valence-corrected chi connectivity index (χ0v) is 11.4. The standard InChI is InChI=1S/C16H21NO2/c1-17-15(12-6-3-2-4-7-12)13-8-5-9-14-16(13)19-11-10-18-14/h5-6,8-9,15,17H,2-4,7,10-11H2,1H3. The van der Waals surface area contributed by atoms with Gasteiger partial charge in [0.25, 0.3) is 0 Å². The Balaban J connectivity index is 1.97. The molecule has 1 aromatic rings. The molecule has 0 aromatic heterocycles. The van der Waals surface area contributed by atoms with Crippen LogP contribution in [-0.4, -0.2) is 20.3 Å². The van der Waals surface area contributed by atoms with Gasteiger partial charge in [-0.25, -0.2) is 0 Å². The molecule has 1 heterocycles. The molecule has 3 heteroatoms. The largest absolute Gasteiger partial charge is 0.486 e. The van der Waals surface area contributed by atoms with Gasteiger partial charge in [-0.2, -0.15) is 0 Å². The van der Waals surface area contributed by atoms with Crippen molar-refractivity contribution in [2.24, 2.45) is 0 Å². The first-order valence-corrected chi connectivity index (χ1v) is 7.15. The SMILES string of the molecule is CNC(C1=CCCCC1)c1cccc2c1OCCO2. The second-order valence-electron chi connectivity index (χ2n) is 5.12. The van der Waals surface area contributed by atoms with Crippen LogP contribution in [0.1, 0.15) is 37.3 Å². The number of likely N-dealkylation sites (N-methyl/N-ethyl adjacent to an activating group) is 1. The molecule has 1 atom stereocenters. The zero-order valence-electron chi connectivity index (χ0n) is 11.4. The van der Waals surface area contributed by atoms with Crippen molar-refractivity contribution in [3.63, 3.8) is 0 Å². The predicted octanol–water partition coefficient (Wildman–Crippen LogP) is 3.22. The van der Waals surface area contributed by atoms with E-state index in [2.05, 4.69) is 23.5 Å². The third-order valence-corrected chi connectivity index (χ3v) is 3.89. The van der Waals surface area contributed by atoms with Crippen LogP contribution in [0.2, 0.25) is 0 Å². The number of nitrogens with one attached hydrogen (secondary N) is 1. The molecule has 1 aliphatic carbocycles. The minimum absolute atomic E-state index is 0.247. The van der Waals surface area contributed by atoms with E-state index >= 15 is 0 Å². The van der Waals surface area contributed by atoms with Gasteiger partial charge in [0.1, 0.15) is 13.2 Å². The zero-order chi connectivity index (χ0) is 13.1. The lowest BCUT2D eigenvalue weighted by atomic mass is 9.89. The van der Waals surface area contributed by atoms with Crippen molar-refractivity contribution < 1.29 is 9.47 Å². The lowest BCUT2D eigenvalue weighted by molar-refractivity contribution is 0.169. The van der Waals surface area contributed by atoms with Gasteiger partial charge in [-0.3, -0.25) is 0 Å². The van der Waals surface area contributed by atoms with Crippen molar-refractivity contribution in [3.8, 4) is 11.5 Å². The average Bonchev–Trinajstić information content (AvgIpc) is 2.49. The first kappa shape index (κ1) is 12.5. The number of para-hydroxylation sites is 1. The van der Waals surface area contributed by atoms with Gasteiger partial charge in [0.2, 0.25) is 0 Å². The molecule has 3 nitrogen and oxygen atoms in total. The summed E-state index contributed by atoms with van der Waals surface area (Å²) in [5.74, 6) is 1.79. The number of benzene rings is 1. The fourth-order valence-corrected chi connectivity index (χ4v) is 2.99. The summed E-state index contributed by atoms with van der Waals surface area (Å²) >= 11 is 0. The Labute approximate surface area is 114 Å². The highest BCUT2D eigenvalue weighted by Crippen LogP contribution is 2.40. The van der Waals surface area contributed by atoms with Gasteiger partial charge in [0.15, 0.2) is 11.5 Å². The van der Waals surface area contributed by atoms with E-state index < -0.39 is 0 Å². The van der Waals surface area contributed by atoms with Gasteiger partial charge >= 0.3 is 0 Å². The first-order valence-electron chi connectivity index (χ1n) is 7.15. The fourth-order valence-electron chi connectivity index (χ4n) is 2.99. The monoisotopic (exact) mass is 259 g/mol. The normalized spacial score (nSPS) is 19.7. The summed E-state index contributed by atoms with van der Waals surface area (Å²) in [5.41, 5.74) is 2.68. The van der Waals surface area contributed by atoms with E-state index in [1.807, 2.05) is 13.1 Å². The molecule has 1 N–H and O–H groups in total. The Morgan fingerprint density at radius 1 is 1.16 bits per heavy atom. The smallest absolute Gasteiger partial charge is 0.166 e. The molecule has 2 aliphatic rings. The molecular formula is C16H21NO2. The summed E-state index contributed by atoms with van der Waals surface area (Å²) in [4.78, 5) is 0. The molecule has 19 heavy (non-hydrogen) atoms. The third-order valence-electron chi connectivity index (χ3n) is 3.89. The Kier molecular flexibility index (Phi) is 3.74. The van der Waals surface area contributed by atoms with E-state index in [9.17, 15) is 0 Å². The van der Waals surface area contributed by atoms with Crippen LogP contribution in [0.25, 0.3) is 0 Å². The summed E-state index contributed by atoms with van der Waals surface area (Å²) < 4.78 is 11.5. The van der Waals surface area contributed by atoms with Crippen LogP contribution in [0.15, 0.2) is 29.8 Å². The van der Waals surface area contributed by atoms with Crippen LogP contribution in [0.5, 0.6) is 11.5 Å². The van der Waals surface area contributed by atoms with Crippen LogP contribution in [0, 0.1) is 0 Å². The maximum absolute atomic E-state index is 5.84. The third kappa shape index (κ3) is 2.47. The molecule has 1 aromatic carbocycles. The molecule has 0 radical (unpaired) electrons. The summed E-state index contributed by atoms with van der Waals surface area (Å²) in [6.45, 7) is 1.28. The number of hydrogen-bond donors (Lipinski definition) is 1. The van der Waals surface area contributed by atoms with E-state index in [0.29, 0.717) is 13.2 Å². The van der Waals surface area contributed by atoms with Crippen molar-refractivity contribution in [1.82, 2.24) is 5.32 Å². The van der Waals surface area contributed by atoms with E-state index in [-0.39, 0.29) is 6.04 Å². The summed E-state index contributed by atoms with van der Waals surface area (Å²) in [6, 6.07) is 6.43. The van der Waals surface area contributed by atoms with Gasteiger partial charge in [0, 0.05) is 5.56 Å². The minimum Gasteiger partial charge on any atom is -0.486 e. The number of fused-ring (bicyclic) bond motifs is 1. The second kappa shape index (κ2) is 5.66. The molecular weight excluding hydrogens is 238 g/mol. The van der Waals surface area contributed by atoms with Crippen molar-refractivity contribution >= 4 is 0 Å². The van der Waals surface area contributed by atoms with Crippen LogP contribution in [0.4, 0.5) is 0 Å². The Bertz CT molecular complexity index is 482. The maximum Gasteiger partial charge on any atom is 0.166 e. The summed E-state index contributed by atoms with van der Waals surface area (Å²) in [5, 5.41) is 3.43. The molecule has 1 aliphatic heterocycles. The average molecular weight is 259 g/mol. The molecule has 1 unspecified atom stereocenters. The first-order chi connectivity index (χ1) is 9.40. The van der Waals surface area contributed by atoms with Gasteiger partial charge in [-0.15, -0.1) is 0 Å². The van der Waals surface area contributed by atoms with E-state index in [1.165, 1.54) is 36.8 Å². The van der Waals surface area contributed by atoms with Crippen molar-refractivity contribution in [3.05, 3.63) is 35.4 Å². The lowest BCUT2D eigenvalue weighted by Crippen LogP contribution is -2.23. The Morgan fingerprint density at radius 3 is 2.84 bits per heavy atom. The quantitative estimate of drug-likeness (QED) is 0.845. The lowest BCUT2D eigenvalue weighted by Gasteiger charge is -2.28. The van der Waals surface area contributed by atoms with Crippen LogP contribution < -0.4 is 14.8 Å². The highest BCUT2D eigenvalue weighted by molar-refractivity contribution is 5.51. The van der Waals surface area contributed by atoms with Crippen molar-refractivity contribution in [1.29, 1.82) is 0 Å². The Hall–Kier alpha value is -1.48. The molecule has 0 fully saturated rings. The summed E-state index contributed by atoms with van der Waals surface area (Å²) in [6.07, 6.45) is 7.35. The highest BCUT2D eigenvalue weighted by atomic mass is 16.6. The highest BCUT2D eigenvalue weighted by Gasteiger charge is 2.24.